The summed E-state index contributed by atoms with van der Waals surface area (Å²) in [4.78, 5) is 2.40. The minimum Gasteiger partial charge on any atom is -0.304 e. The van der Waals surface area contributed by atoms with Crippen molar-refractivity contribution in [2.45, 2.75) is 24.8 Å². The standard InChI is InChI=1S/C7H13N/c1-8(2)7-3-6(4-7)5-7/h6H,3-5H2,1-2H3. The van der Waals surface area contributed by atoms with Gasteiger partial charge in [-0.2, -0.15) is 0 Å². The summed E-state index contributed by atoms with van der Waals surface area (Å²) in [6, 6.07) is 0. The van der Waals surface area contributed by atoms with E-state index in [2.05, 4.69) is 19.0 Å². The molecule has 0 aromatic carbocycles. The minimum absolute atomic E-state index is 0.699. The van der Waals surface area contributed by atoms with E-state index in [1.807, 2.05) is 0 Å². The molecule has 2 bridgehead atoms. The van der Waals surface area contributed by atoms with Crippen LogP contribution in [-0.2, 0) is 0 Å². The first kappa shape index (κ1) is 4.80. The first-order chi connectivity index (χ1) is 3.73. The lowest BCUT2D eigenvalue weighted by atomic mass is 9.49. The highest BCUT2D eigenvalue weighted by Gasteiger charge is 2.57. The van der Waals surface area contributed by atoms with Crippen LogP contribution < -0.4 is 0 Å². The Morgan fingerprint density at radius 1 is 1.25 bits per heavy atom. The molecule has 0 N–H and O–H groups in total. The fraction of sp³-hybridized carbons (Fsp3) is 1.00. The van der Waals surface area contributed by atoms with Gasteiger partial charge in [0.15, 0.2) is 0 Å². The SMILES string of the molecule is CN(C)C12CC(C1)C2. The summed E-state index contributed by atoms with van der Waals surface area (Å²) < 4.78 is 0. The van der Waals surface area contributed by atoms with Crippen molar-refractivity contribution in [3.8, 4) is 0 Å². The highest BCUT2D eigenvalue weighted by molar-refractivity contribution is 5.13. The van der Waals surface area contributed by atoms with E-state index in [-0.39, 0.29) is 0 Å². The van der Waals surface area contributed by atoms with E-state index < -0.39 is 0 Å². The Bertz CT molecular complexity index is 101. The van der Waals surface area contributed by atoms with Crippen LogP contribution in [0.15, 0.2) is 0 Å². The zero-order valence-corrected chi connectivity index (χ0v) is 5.65. The molecule has 3 fully saturated rings. The molecule has 8 heavy (non-hydrogen) atoms. The predicted octanol–water partition coefficient (Wildman–Crippen LogP) is 1.10. The van der Waals surface area contributed by atoms with Gasteiger partial charge >= 0.3 is 0 Å². The Morgan fingerprint density at radius 3 is 1.75 bits per heavy atom. The highest BCUT2D eigenvalue weighted by Crippen LogP contribution is 2.59. The third kappa shape index (κ3) is 0.334. The molecule has 0 aromatic rings. The highest BCUT2D eigenvalue weighted by atomic mass is 15.2. The second-order valence-electron chi connectivity index (χ2n) is 3.60. The topological polar surface area (TPSA) is 3.24 Å². The van der Waals surface area contributed by atoms with Crippen LogP contribution in [0.3, 0.4) is 0 Å². The van der Waals surface area contributed by atoms with Gasteiger partial charge in [-0.25, -0.2) is 0 Å². The van der Waals surface area contributed by atoms with E-state index in [4.69, 9.17) is 0 Å². The van der Waals surface area contributed by atoms with Crippen molar-refractivity contribution in [2.75, 3.05) is 14.1 Å². The summed E-state index contributed by atoms with van der Waals surface area (Å²) in [5, 5.41) is 0. The van der Waals surface area contributed by atoms with Gasteiger partial charge in [0.05, 0.1) is 0 Å². The van der Waals surface area contributed by atoms with Crippen LogP contribution >= 0.6 is 0 Å². The van der Waals surface area contributed by atoms with Gasteiger partial charge in [0.2, 0.25) is 0 Å². The van der Waals surface area contributed by atoms with Crippen molar-refractivity contribution >= 4 is 0 Å². The molecule has 0 unspecified atom stereocenters. The molecular weight excluding hydrogens is 98.1 g/mol. The molecule has 1 nitrogen and oxygen atoms in total. The zero-order valence-electron chi connectivity index (χ0n) is 5.65. The Hall–Kier alpha value is -0.0400. The van der Waals surface area contributed by atoms with E-state index in [0.29, 0.717) is 5.54 Å². The molecule has 3 saturated carbocycles. The molecule has 0 aliphatic heterocycles. The van der Waals surface area contributed by atoms with Crippen LogP contribution in [0, 0.1) is 5.92 Å². The molecule has 1 heteroatoms. The van der Waals surface area contributed by atoms with E-state index in [1.54, 1.807) is 0 Å². The molecule has 0 saturated heterocycles. The minimum atomic E-state index is 0.699. The molecule has 3 rings (SSSR count). The lowest BCUT2D eigenvalue weighted by molar-refractivity contribution is -0.122. The van der Waals surface area contributed by atoms with Gasteiger partial charge in [-0.1, -0.05) is 0 Å². The summed E-state index contributed by atoms with van der Waals surface area (Å²) in [6.07, 6.45) is 4.46. The quantitative estimate of drug-likeness (QED) is 0.490. The summed E-state index contributed by atoms with van der Waals surface area (Å²) in [7, 11) is 4.41. The Kier molecular flexibility index (Phi) is 0.663. The van der Waals surface area contributed by atoms with Crippen molar-refractivity contribution in [1.82, 2.24) is 4.90 Å². The van der Waals surface area contributed by atoms with Crippen LogP contribution in [0.25, 0.3) is 0 Å². The molecular formula is C7H13N. The smallest absolute Gasteiger partial charge is 0.0211 e. The fourth-order valence-electron chi connectivity index (χ4n) is 1.98. The maximum Gasteiger partial charge on any atom is 0.0211 e. The van der Waals surface area contributed by atoms with Crippen molar-refractivity contribution < 1.29 is 0 Å². The lowest BCUT2D eigenvalue weighted by Crippen LogP contribution is -2.66. The van der Waals surface area contributed by atoms with Crippen molar-refractivity contribution in [2.24, 2.45) is 5.92 Å². The molecule has 0 aromatic heterocycles. The normalized spacial score (nSPS) is 50.6. The molecule has 0 amide bonds. The summed E-state index contributed by atoms with van der Waals surface area (Å²) in [5.41, 5.74) is 0.699. The second-order valence-corrected chi connectivity index (χ2v) is 3.60. The first-order valence-corrected chi connectivity index (χ1v) is 3.40. The monoisotopic (exact) mass is 111 g/mol. The Morgan fingerprint density at radius 2 is 1.75 bits per heavy atom. The summed E-state index contributed by atoms with van der Waals surface area (Å²) >= 11 is 0. The summed E-state index contributed by atoms with van der Waals surface area (Å²) in [5.74, 6) is 1.12. The third-order valence-electron chi connectivity index (χ3n) is 2.95. The zero-order chi connectivity index (χ0) is 5.78. The Balaban J connectivity index is 2.04. The van der Waals surface area contributed by atoms with Crippen LogP contribution in [0.4, 0.5) is 0 Å². The molecule has 0 spiro atoms. The van der Waals surface area contributed by atoms with E-state index in [9.17, 15) is 0 Å². The fourth-order valence-corrected chi connectivity index (χ4v) is 1.98. The van der Waals surface area contributed by atoms with Crippen molar-refractivity contribution in [3.63, 3.8) is 0 Å². The number of rotatable bonds is 1. The van der Waals surface area contributed by atoms with Gasteiger partial charge < -0.3 is 4.90 Å². The maximum atomic E-state index is 2.40. The maximum absolute atomic E-state index is 2.40. The van der Waals surface area contributed by atoms with Gasteiger partial charge in [-0.3, -0.25) is 0 Å². The van der Waals surface area contributed by atoms with Gasteiger partial charge in [0.1, 0.15) is 0 Å². The lowest BCUT2D eigenvalue weighted by Gasteiger charge is -2.65. The first-order valence-electron chi connectivity index (χ1n) is 3.40. The summed E-state index contributed by atoms with van der Waals surface area (Å²) in [6.45, 7) is 0. The van der Waals surface area contributed by atoms with Crippen LogP contribution in [-0.4, -0.2) is 24.5 Å². The Labute approximate surface area is 50.7 Å². The molecule has 3 aliphatic carbocycles. The van der Waals surface area contributed by atoms with E-state index in [1.165, 1.54) is 19.3 Å². The predicted molar refractivity (Wildman–Crippen MR) is 33.8 cm³/mol. The average Bonchev–Trinajstić information content (AvgIpc) is 1.16. The average molecular weight is 111 g/mol. The van der Waals surface area contributed by atoms with Crippen LogP contribution in [0.1, 0.15) is 19.3 Å². The molecule has 3 aliphatic rings. The molecule has 0 heterocycles. The second kappa shape index (κ2) is 1.10. The van der Waals surface area contributed by atoms with Crippen LogP contribution in [0.5, 0.6) is 0 Å². The number of hydrogen-bond acceptors (Lipinski definition) is 1. The molecule has 0 atom stereocenters. The van der Waals surface area contributed by atoms with Gasteiger partial charge in [-0.05, 0) is 39.3 Å². The van der Waals surface area contributed by atoms with E-state index >= 15 is 0 Å². The van der Waals surface area contributed by atoms with Crippen LogP contribution in [0.2, 0.25) is 0 Å². The number of hydrogen-bond donors (Lipinski definition) is 0. The third-order valence-corrected chi connectivity index (χ3v) is 2.95. The number of nitrogens with zero attached hydrogens (tertiary/aromatic N) is 1. The van der Waals surface area contributed by atoms with Gasteiger partial charge in [-0.15, -0.1) is 0 Å². The molecule has 0 radical (unpaired) electrons. The van der Waals surface area contributed by atoms with Crippen molar-refractivity contribution in [1.29, 1.82) is 0 Å². The van der Waals surface area contributed by atoms with E-state index in [0.717, 1.165) is 5.92 Å². The molecule has 46 valence electrons. The largest absolute Gasteiger partial charge is 0.304 e. The van der Waals surface area contributed by atoms with Gasteiger partial charge in [0.25, 0.3) is 0 Å². The van der Waals surface area contributed by atoms with Crippen molar-refractivity contribution in [3.05, 3.63) is 0 Å². The van der Waals surface area contributed by atoms with Gasteiger partial charge in [0, 0.05) is 5.54 Å².